The van der Waals surface area contributed by atoms with E-state index in [4.69, 9.17) is 4.74 Å². The number of amides is 24. The molecule has 18 fully saturated rings. The van der Waals surface area contributed by atoms with E-state index in [9.17, 15) is 4.79 Å². The van der Waals surface area contributed by atoms with Gasteiger partial charge in [0.25, 0.3) is 0 Å². The van der Waals surface area contributed by atoms with Crippen molar-refractivity contribution in [1.82, 2.24) is 118 Å². The average molecular weight is 1150 g/mol. The zero-order valence-corrected chi connectivity index (χ0v) is 43.5. The van der Waals surface area contributed by atoms with Crippen molar-refractivity contribution in [3.05, 3.63) is 35.9 Å². The molecule has 18 heterocycles. The zero-order valence-electron chi connectivity index (χ0n) is 43.5. The molecule has 0 aromatic heterocycles. The summed E-state index contributed by atoms with van der Waals surface area (Å²) in [6.45, 7) is -3.71. The number of esters is 1. The van der Waals surface area contributed by atoms with Gasteiger partial charge in [-0.15, -0.1) is 0 Å². The van der Waals surface area contributed by atoms with E-state index in [0.29, 0.717) is 6.61 Å². The molecule has 1 aromatic carbocycles. The molecule has 18 aliphatic heterocycles. The fourth-order valence-corrected chi connectivity index (χ4v) is 16.8. The van der Waals surface area contributed by atoms with E-state index in [1.165, 1.54) is 125 Å². The van der Waals surface area contributed by atoms with Crippen molar-refractivity contribution in [3.63, 3.8) is 0 Å². The van der Waals surface area contributed by atoms with Crippen molar-refractivity contribution < 1.29 is 67.1 Å². The van der Waals surface area contributed by atoms with Crippen LogP contribution in [0.5, 0.6) is 0 Å². The predicted molar refractivity (Wildman–Crippen MR) is 255 cm³/mol. The molecular weight excluding hydrogens is 1100 g/mol. The molecule has 24 amide bonds. The normalized spacial score (nSPS) is 36.2. The molecule has 0 radical (unpaired) electrons. The quantitative estimate of drug-likeness (QED) is 0.256. The molecule has 0 bridgehead atoms. The number of nitrogens with zero attached hydrogens (tertiary/aromatic N) is 24. The van der Waals surface area contributed by atoms with Crippen LogP contribution in [0.2, 0.25) is 0 Å². The summed E-state index contributed by atoms with van der Waals surface area (Å²) < 4.78 is 4.79. The predicted octanol–water partition coefficient (Wildman–Crippen LogP) is -3.91. The van der Waals surface area contributed by atoms with Crippen molar-refractivity contribution in [2.24, 2.45) is 0 Å². The van der Waals surface area contributed by atoms with E-state index < -0.39 is 226 Å². The molecule has 0 unspecified atom stereocenters. The van der Waals surface area contributed by atoms with Gasteiger partial charge < -0.3 is 4.74 Å². The van der Waals surface area contributed by atoms with Crippen LogP contribution in [-0.2, 0) is 16.1 Å². The summed E-state index contributed by atoms with van der Waals surface area (Å²) in [5.74, 6) is -0.242. The van der Waals surface area contributed by atoms with Gasteiger partial charge in [-0.3, -0.25) is 122 Å². The van der Waals surface area contributed by atoms with Gasteiger partial charge >= 0.3 is 78.3 Å². The van der Waals surface area contributed by atoms with Crippen molar-refractivity contribution in [2.75, 3.05) is 80.0 Å². The second-order valence-corrected chi connectivity index (χ2v) is 23.6. The monoisotopic (exact) mass is 1150 g/mol. The van der Waals surface area contributed by atoms with Gasteiger partial charge in [-0.05, 0) is 5.56 Å². The molecule has 430 valence electrons. The summed E-state index contributed by atoms with van der Waals surface area (Å²) in [4.78, 5) is 224. The van der Waals surface area contributed by atoms with Gasteiger partial charge in [0, 0.05) is 6.92 Å². The minimum Gasteiger partial charge on any atom is -0.461 e. The van der Waals surface area contributed by atoms with Crippen molar-refractivity contribution in [2.45, 2.75) is 87.5 Å². The third-order valence-corrected chi connectivity index (χ3v) is 20.1. The number of ether oxygens (including phenoxy) is 1. The number of hydrogen-bond acceptors (Lipinski definition) is 14. The second-order valence-electron chi connectivity index (χ2n) is 23.6. The first-order chi connectivity index (χ1) is 40.0. The third-order valence-electron chi connectivity index (χ3n) is 20.1. The van der Waals surface area contributed by atoms with Gasteiger partial charge in [-0.25, -0.2) is 57.5 Å². The van der Waals surface area contributed by atoms with Gasteiger partial charge in [0.2, 0.25) is 0 Å². The molecule has 83 heavy (non-hydrogen) atoms. The molecule has 19 rings (SSSR count). The Kier molecular flexibility index (Phi) is 7.88. The van der Waals surface area contributed by atoms with Crippen molar-refractivity contribution in [3.8, 4) is 0 Å². The Morgan fingerprint density at radius 1 is 0.277 bits per heavy atom. The first kappa shape index (κ1) is 45.6. The summed E-state index contributed by atoms with van der Waals surface area (Å²) >= 11 is 0. The third kappa shape index (κ3) is 4.94. The Bertz CT molecular complexity index is 2610. The SMILES string of the molecule is CC(=O)OCc1ccccc1.O=C1N2CN3C(=O)N4CN5C(=O)N6CN7C(=O)N8CN9C(=O)N%10CN%11C(=O)N%12CN1[C@H]1[C@@H]2N2CN%13C(=O)N(CN%14C(=O)N(CN%15C(=O)N(CN%16C(=O)N(CN%17C(=O)N(CN1C2=O)[C@H]%12[C@@H]%17%11)[C@H]%10[C@@H]%169)[C@H]8[C@@H]%157)[C@H]6[C@@H]%145)[C@H]4[C@@H]%133. The van der Waals surface area contributed by atoms with Gasteiger partial charge in [0.05, 0.1) is 0 Å². The number of carbonyl (C=O) groups is 13. The highest BCUT2D eigenvalue weighted by atomic mass is 16.5. The molecule has 0 N–H and O–H groups in total. The molecule has 38 heteroatoms. The van der Waals surface area contributed by atoms with E-state index in [0.717, 1.165) is 5.56 Å². The maximum absolute atomic E-state index is 15.1. The Balaban J connectivity index is 0.000000421. The van der Waals surface area contributed by atoms with Crippen molar-refractivity contribution in [1.29, 1.82) is 0 Å². The first-order valence-corrected chi connectivity index (χ1v) is 27.1. The summed E-state index contributed by atoms with van der Waals surface area (Å²) in [5, 5.41) is 0. The lowest BCUT2D eigenvalue weighted by molar-refractivity contribution is -0.142. The summed E-state index contributed by atoms with van der Waals surface area (Å²) in [6.07, 6.45) is -13.9. The van der Waals surface area contributed by atoms with Crippen LogP contribution >= 0.6 is 0 Å². The lowest BCUT2D eigenvalue weighted by atomic mass is 10.2. The van der Waals surface area contributed by atoms with Gasteiger partial charge in [-0.2, -0.15) is 0 Å². The minimum absolute atomic E-state index is 0.242. The fourth-order valence-electron chi connectivity index (χ4n) is 16.8. The van der Waals surface area contributed by atoms with E-state index in [1.54, 1.807) is 0 Å². The maximum atomic E-state index is 15.1. The molecule has 38 nitrogen and oxygen atoms in total. The molecule has 0 spiro atoms. The van der Waals surface area contributed by atoms with E-state index >= 15 is 57.5 Å². The van der Waals surface area contributed by atoms with E-state index in [1.807, 2.05) is 30.3 Å². The highest BCUT2D eigenvalue weighted by molar-refractivity contribution is 5.95. The lowest BCUT2D eigenvalue weighted by Crippen LogP contribution is -2.63. The van der Waals surface area contributed by atoms with Crippen LogP contribution in [0.1, 0.15) is 12.5 Å². The van der Waals surface area contributed by atoms with Gasteiger partial charge in [0.1, 0.15) is 86.6 Å². The Labute approximate surface area is 465 Å². The molecule has 0 saturated carbocycles. The number of urea groups is 12. The fraction of sp³-hybridized carbons (Fsp3) is 0.578. The maximum Gasteiger partial charge on any atom is 0.326 e. The second kappa shape index (κ2) is 14.3. The molecule has 1 aromatic rings. The smallest absolute Gasteiger partial charge is 0.326 e. The topological polar surface area (TPSA) is 309 Å². The van der Waals surface area contributed by atoms with Crippen LogP contribution in [0.25, 0.3) is 0 Å². The molecule has 0 atom stereocenters. The largest absolute Gasteiger partial charge is 0.461 e. The average Bonchev–Trinajstić information content (AvgIpc) is 1.91. The molecule has 18 saturated heterocycles. The van der Waals surface area contributed by atoms with Crippen LogP contribution in [0.3, 0.4) is 0 Å². The summed E-state index contributed by atoms with van der Waals surface area (Å²) in [7, 11) is 0. The van der Waals surface area contributed by atoms with Crippen molar-refractivity contribution >= 4 is 78.3 Å². The minimum atomic E-state index is -1.16. The summed E-state index contributed by atoms with van der Waals surface area (Å²) in [6, 6.07) is 1.70. The van der Waals surface area contributed by atoms with E-state index in [-0.39, 0.29) is 5.97 Å². The van der Waals surface area contributed by atoms with Crippen LogP contribution in [0.15, 0.2) is 30.3 Å². The van der Waals surface area contributed by atoms with E-state index in [2.05, 4.69) is 0 Å². The van der Waals surface area contributed by atoms with Crippen LogP contribution in [-0.4, -0.2) is 350 Å². The molecule has 18 aliphatic rings. The Hall–Kier alpha value is -10.1. The zero-order chi connectivity index (χ0) is 56.3. The number of benzene rings is 1. The summed E-state index contributed by atoms with van der Waals surface area (Å²) in [5.41, 5.74) is 1.02. The van der Waals surface area contributed by atoms with Crippen LogP contribution in [0, 0.1) is 0 Å². The molecule has 0 aliphatic carbocycles. The number of rotatable bonds is 2. The number of hydrogen-bond donors (Lipinski definition) is 0. The highest BCUT2D eigenvalue weighted by Gasteiger charge is 2.76. The van der Waals surface area contributed by atoms with Gasteiger partial charge in [0.15, 0.2) is 74.0 Å². The number of carbonyl (C=O) groups excluding carboxylic acids is 13. The first-order valence-electron chi connectivity index (χ1n) is 27.1. The lowest BCUT2D eigenvalue weighted by Gasteiger charge is -2.42. The highest BCUT2D eigenvalue weighted by Crippen LogP contribution is 2.51. The Morgan fingerprint density at radius 3 is 0.530 bits per heavy atom. The standard InChI is InChI=1S/C36H36N24O12.C9H10O2/c61-25-37-1-38-14-16-42(26(38)62)4-46-18-20-50(30(46)66)8-54-22-24-58(34(54)70)11-57-23-21-53(33(57)69)7-49-19-17-45(29(49)65)3-41(25)15-13(37)39-2-40(14)28(64)44(16)6-48(18)32(68)52(20)10-56(22)36(72)60(24)12-59(23)35(71)55(21)9-51(19)31(67)47(17)5-43(15)27(39)63;1-8(10)11-7-9-5-3-2-4-6-9/h13-24H,1-12H2;2-6H,7H2,1H3/t13-,14+,15+,16-,17-,18+,19+,20-,21-,22+,23+,24-;. The Morgan fingerprint density at radius 2 is 0.410 bits per heavy atom. The van der Waals surface area contributed by atoms with Gasteiger partial charge in [-0.1, -0.05) is 30.3 Å². The van der Waals surface area contributed by atoms with Crippen LogP contribution in [0.4, 0.5) is 57.5 Å². The van der Waals surface area contributed by atoms with Crippen LogP contribution < -0.4 is 0 Å². The molecular formula is C45H46N24O14.